The largest absolute Gasteiger partial charge is 0.329 e. The van der Waals surface area contributed by atoms with E-state index in [2.05, 4.69) is 16.0 Å². The standard InChI is InChI=1S/C17H24N4O3/c1-4-17(5-2,10-18)14(23)19-12-8-6-7-11(9-12)16(3)13(22)20-15(24)21-16/h6-9H,4-5,10,18H2,1-3H3,(H,19,23)(H2,20,21,22,24). The van der Waals surface area contributed by atoms with Gasteiger partial charge in [0.05, 0.1) is 5.41 Å². The molecule has 0 radical (unpaired) electrons. The van der Waals surface area contributed by atoms with Crippen molar-refractivity contribution in [2.24, 2.45) is 11.1 Å². The number of anilines is 1. The van der Waals surface area contributed by atoms with Gasteiger partial charge in [-0.3, -0.25) is 14.9 Å². The quantitative estimate of drug-likeness (QED) is 0.590. The lowest BCUT2D eigenvalue weighted by atomic mass is 9.81. The first-order valence-corrected chi connectivity index (χ1v) is 8.07. The van der Waals surface area contributed by atoms with E-state index in [4.69, 9.17) is 5.73 Å². The van der Waals surface area contributed by atoms with Crippen molar-refractivity contribution in [2.45, 2.75) is 39.2 Å². The smallest absolute Gasteiger partial charge is 0.322 e. The van der Waals surface area contributed by atoms with Crippen LogP contribution in [0, 0.1) is 5.41 Å². The van der Waals surface area contributed by atoms with Gasteiger partial charge in [0.2, 0.25) is 5.91 Å². The molecular weight excluding hydrogens is 308 g/mol. The number of carbonyl (C=O) groups excluding carboxylic acids is 3. The van der Waals surface area contributed by atoms with Crippen LogP contribution >= 0.6 is 0 Å². The number of urea groups is 1. The molecule has 1 aliphatic heterocycles. The van der Waals surface area contributed by atoms with Gasteiger partial charge in [-0.1, -0.05) is 26.0 Å². The molecule has 0 bridgehead atoms. The minimum Gasteiger partial charge on any atom is -0.329 e. The normalized spacial score (nSPS) is 20.5. The van der Waals surface area contributed by atoms with E-state index in [-0.39, 0.29) is 12.5 Å². The summed E-state index contributed by atoms with van der Waals surface area (Å²) < 4.78 is 0. The molecule has 0 aliphatic carbocycles. The fourth-order valence-electron chi connectivity index (χ4n) is 2.87. The Balaban J connectivity index is 2.27. The number of hydrogen-bond donors (Lipinski definition) is 4. The van der Waals surface area contributed by atoms with Gasteiger partial charge in [-0.25, -0.2) is 4.79 Å². The molecule has 7 nitrogen and oxygen atoms in total. The Bertz CT molecular complexity index is 661. The summed E-state index contributed by atoms with van der Waals surface area (Å²) in [4.78, 5) is 36.1. The first kappa shape index (κ1) is 17.9. The van der Waals surface area contributed by atoms with Gasteiger partial charge in [0, 0.05) is 12.2 Å². The number of hydrogen-bond acceptors (Lipinski definition) is 4. The zero-order valence-electron chi connectivity index (χ0n) is 14.2. The predicted octanol–water partition coefficient (Wildman–Crippen LogP) is 1.44. The Morgan fingerprint density at radius 3 is 2.46 bits per heavy atom. The molecule has 1 fully saturated rings. The van der Waals surface area contributed by atoms with Crippen molar-refractivity contribution in [2.75, 3.05) is 11.9 Å². The third-order valence-electron chi connectivity index (χ3n) is 4.97. The number of carbonyl (C=O) groups is 3. The average Bonchev–Trinajstić information content (AvgIpc) is 2.83. The minimum atomic E-state index is -1.15. The van der Waals surface area contributed by atoms with Crippen molar-refractivity contribution in [1.82, 2.24) is 10.6 Å². The van der Waals surface area contributed by atoms with Crippen LogP contribution in [-0.4, -0.2) is 24.4 Å². The number of nitrogens with two attached hydrogens (primary N) is 1. The van der Waals surface area contributed by atoms with E-state index in [0.717, 1.165) is 0 Å². The topological polar surface area (TPSA) is 113 Å². The van der Waals surface area contributed by atoms with Gasteiger partial charge in [-0.15, -0.1) is 0 Å². The Kier molecular flexibility index (Phi) is 4.94. The molecule has 24 heavy (non-hydrogen) atoms. The highest BCUT2D eigenvalue weighted by Crippen LogP contribution is 2.29. The lowest BCUT2D eigenvalue weighted by molar-refractivity contribution is -0.125. The number of rotatable bonds is 6. The maximum Gasteiger partial charge on any atom is 0.322 e. The highest BCUT2D eigenvalue weighted by Gasteiger charge is 2.43. The van der Waals surface area contributed by atoms with Gasteiger partial charge in [0.1, 0.15) is 5.54 Å². The van der Waals surface area contributed by atoms with Crippen LogP contribution in [0.3, 0.4) is 0 Å². The molecule has 1 unspecified atom stereocenters. The van der Waals surface area contributed by atoms with E-state index >= 15 is 0 Å². The maximum atomic E-state index is 12.6. The Morgan fingerprint density at radius 2 is 1.96 bits per heavy atom. The van der Waals surface area contributed by atoms with Gasteiger partial charge in [0.25, 0.3) is 5.91 Å². The van der Waals surface area contributed by atoms with Crippen molar-refractivity contribution in [3.63, 3.8) is 0 Å². The Morgan fingerprint density at radius 1 is 1.29 bits per heavy atom. The minimum absolute atomic E-state index is 0.141. The van der Waals surface area contributed by atoms with Crippen molar-refractivity contribution < 1.29 is 14.4 Å². The van der Waals surface area contributed by atoms with E-state index in [1.165, 1.54) is 0 Å². The van der Waals surface area contributed by atoms with Crippen LogP contribution in [0.5, 0.6) is 0 Å². The van der Waals surface area contributed by atoms with E-state index in [0.29, 0.717) is 24.1 Å². The maximum absolute atomic E-state index is 12.6. The molecule has 1 atom stereocenters. The zero-order chi connectivity index (χ0) is 18.0. The molecule has 5 N–H and O–H groups in total. The van der Waals surface area contributed by atoms with Crippen LogP contribution in [-0.2, 0) is 15.1 Å². The molecular formula is C17H24N4O3. The fraction of sp³-hybridized carbons (Fsp3) is 0.471. The summed E-state index contributed by atoms with van der Waals surface area (Å²) in [5.74, 6) is -0.563. The average molecular weight is 332 g/mol. The van der Waals surface area contributed by atoms with E-state index < -0.39 is 22.9 Å². The molecule has 0 aromatic heterocycles. The highest BCUT2D eigenvalue weighted by atomic mass is 16.2. The third kappa shape index (κ3) is 2.99. The summed E-state index contributed by atoms with van der Waals surface area (Å²) >= 11 is 0. The molecule has 7 heteroatoms. The molecule has 1 aromatic carbocycles. The van der Waals surface area contributed by atoms with E-state index in [9.17, 15) is 14.4 Å². The number of amides is 4. The van der Waals surface area contributed by atoms with Crippen LogP contribution in [0.25, 0.3) is 0 Å². The van der Waals surface area contributed by atoms with Crippen molar-refractivity contribution in [1.29, 1.82) is 0 Å². The summed E-state index contributed by atoms with van der Waals surface area (Å²) in [7, 11) is 0. The molecule has 1 saturated heterocycles. The molecule has 1 aromatic rings. The van der Waals surface area contributed by atoms with Crippen molar-refractivity contribution in [3.8, 4) is 0 Å². The molecule has 1 heterocycles. The van der Waals surface area contributed by atoms with Crippen molar-refractivity contribution >= 4 is 23.5 Å². The Labute approximate surface area is 141 Å². The van der Waals surface area contributed by atoms with Gasteiger partial charge in [-0.05, 0) is 37.5 Å². The van der Waals surface area contributed by atoms with Crippen LogP contribution in [0.15, 0.2) is 24.3 Å². The lowest BCUT2D eigenvalue weighted by Gasteiger charge is -2.29. The van der Waals surface area contributed by atoms with Crippen molar-refractivity contribution in [3.05, 3.63) is 29.8 Å². The van der Waals surface area contributed by atoms with Crippen LogP contribution in [0.2, 0.25) is 0 Å². The van der Waals surface area contributed by atoms with Gasteiger partial charge in [0.15, 0.2) is 0 Å². The monoisotopic (exact) mass is 332 g/mol. The van der Waals surface area contributed by atoms with Gasteiger partial charge < -0.3 is 16.4 Å². The molecule has 1 aliphatic rings. The van der Waals surface area contributed by atoms with E-state index in [1.54, 1.807) is 31.2 Å². The summed E-state index contributed by atoms with van der Waals surface area (Å²) in [5.41, 5.74) is 5.19. The summed E-state index contributed by atoms with van der Waals surface area (Å²) in [6.45, 7) is 5.76. The highest BCUT2D eigenvalue weighted by molar-refractivity contribution is 6.07. The first-order chi connectivity index (χ1) is 11.3. The number of benzene rings is 1. The van der Waals surface area contributed by atoms with Crippen LogP contribution < -0.4 is 21.7 Å². The second-order valence-electron chi connectivity index (χ2n) is 6.26. The molecule has 4 amide bonds. The van der Waals surface area contributed by atoms with Crippen LogP contribution in [0.4, 0.5) is 10.5 Å². The zero-order valence-corrected chi connectivity index (χ0v) is 14.2. The summed E-state index contributed by atoms with van der Waals surface area (Å²) in [6.07, 6.45) is 1.28. The number of imide groups is 1. The molecule has 2 rings (SSSR count). The fourth-order valence-corrected chi connectivity index (χ4v) is 2.87. The SMILES string of the molecule is CCC(CC)(CN)C(=O)Nc1cccc(C2(C)NC(=O)NC2=O)c1. The predicted molar refractivity (Wildman–Crippen MR) is 91.2 cm³/mol. The first-order valence-electron chi connectivity index (χ1n) is 8.07. The van der Waals surface area contributed by atoms with Crippen LogP contribution in [0.1, 0.15) is 39.2 Å². The molecule has 0 spiro atoms. The summed E-state index contributed by atoms with van der Waals surface area (Å²) in [5, 5.41) is 7.71. The second kappa shape index (κ2) is 6.60. The molecule has 130 valence electrons. The lowest BCUT2D eigenvalue weighted by Crippen LogP contribution is -2.42. The molecule has 0 saturated carbocycles. The van der Waals surface area contributed by atoms with Gasteiger partial charge >= 0.3 is 6.03 Å². The second-order valence-corrected chi connectivity index (χ2v) is 6.26. The van der Waals surface area contributed by atoms with Gasteiger partial charge in [-0.2, -0.15) is 0 Å². The number of nitrogens with one attached hydrogen (secondary N) is 3. The Hall–Kier alpha value is -2.41. The summed E-state index contributed by atoms with van der Waals surface area (Å²) in [6, 6.07) is 6.37. The van der Waals surface area contributed by atoms with E-state index in [1.807, 2.05) is 13.8 Å². The third-order valence-corrected chi connectivity index (χ3v) is 4.97.